The molecule has 20 heavy (non-hydrogen) atoms. The van der Waals surface area contributed by atoms with Crippen molar-refractivity contribution in [2.45, 2.75) is 6.42 Å². The summed E-state index contributed by atoms with van der Waals surface area (Å²) >= 11 is 1.98. The van der Waals surface area contributed by atoms with Gasteiger partial charge in [0, 0.05) is 6.54 Å². The maximum Gasteiger partial charge on any atom is 0.258 e. The highest BCUT2D eigenvalue weighted by Crippen LogP contribution is 2.23. The van der Waals surface area contributed by atoms with Crippen molar-refractivity contribution in [3.8, 4) is 5.95 Å². The molecule has 0 radical (unpaired) electrons. The summed E-state index contributed by atoms with van der Waals surface area (Å²) in [6, 6.07) is 0. The molecule has 1 aliphatic rings. The third-order valence-electron chi connectivity index (χ3n) is 2.95. The maximum absolute atomic E-state index is 5.38. The molecule has 1 atom stereocenters. The van der Waals surface area contributed by atoms with E-state index in [-0.39, 0.29) is 5.95 Å². The lowest BCUT2D eigenvalue weighted by atomic mass is 10.1. The Kier molecular flexibility index (Phi) is 3.92. The van der Waals surface area contributed by atoms with Crippen LogP contribution in [-0.2, 0) is 0 Å². The van der Waals surface area contributed by atoms with Crippen LogP contribution in [0.3, 0.4) is 0 Å². The first-order valence-electron chi connectivity index (χ1n) is 6.24. The minimum atomic E-state index is 0.286. The van der Waals surface area contributed by atoms with Gasteiger partial charge in [0.1, 0.15) is 12.7 Å². The molecule has 2 aromatic heterocycles. The molecule has 1 fully saturated rings. The molecule has 0 aromatic carbocycles. The van der Waals surface area contributed by atoms with Crippen molar-refractivity contribution in [3.05, 3.63) is 12.7 Å². The van der Waals surface area contributed by atoms with E-state index in [9.17, 15) is 0 Å². The smallest absolute Gasteiger partial charge is 0.258 e. The first-order valence-corrected chi connectivity index (χ1v) is 7.40. The van der Waals surface area contributed by atoms with Gasteiger partial charge in [0.25, 0.3) is 5.95 Å². The lowest BCUT2D eigenvalue weighted by molar-refractivity contribution is 0.628. The van der Waals surface area contributed by atoms with Gasteiger partial charge in [-0.2, -0.15) is 36.5 Å². The highest BCUT2D eigenvalue weighted by atomic mass is 32.2. The summed E-state index contributed by atoms with van der Waals surface area (Å²) in [6.45, 7) is 0.845. The van der Waals surface area contributed by atoms with E-state index in [1.165, 1.54) is 35.3 Å². The van der Waals surface area contributed by atoms with Crippen molar-refractivity contribution in [1.29, 1.82) is 0 Å². The topological polar surface area (TPSA) is 119 Å². The second-order valence-electron chi connectivity index (χ2n) is 4.38. The number of hydrogen-bond donors (Lipinski definition) is 3. The van der Waals surface area contributed by atoms with Gasteiger partial charge in [0.15, 0.2) is 0 Å². The van der Waals surface area contributed by atoms with Crippen molar-refractivity contribution in [3.63, 3.8) is 0 Å². The van der Waals surface area contributed by atoms with Crippen molar-refractivity contribution in [1.82, 2.24) is 29.7 Å². The fraction of sp³-hybridized carbons (Fsp3) is 0.500. The molecule has 0 saturated carbocycles. The first kappa shape index (κ1) is 13.1. The molecule has 2 aromatic rings. The number of hydrazine groups is 1. The molecule has 1 aliphatic heterocycles. The Morgan fingerprint density at radius 1 is 1.35 bits per heavy atom. The molecule has 10 heteroatoms. The third-order valence-corrected chi connectivity index (χ3v) is 4.18. The second-order valence-corrected chi connectivity index (χ2v) is 5.53. The normalized spacial score (nSPS) is 18.1. The summed E-state index contributed by atoms with van der Waals surface area (Å²) in [6.07, 6.45) is 4.16. The van der Waals surface area contributed by atoms with Crippen molar-refractivity contribution in [2.24, 2.45) is 11.8 Å². The van der Waals surface area contributed by atoms with Crippen molar-refractivity contribution >= 4 is 23.7 Å². The maximum atomic E-state index is 5.38. The lowest BCUT2D eigenvalue weighted by Gasteiger charge is -2.11. The Morgan fingerprint density at radius 2 is 2.25 bits per heavy atom. The number of aromatic nitrogens is 6. The van der Waals surface area contributed by atoms with Gasteiger partial charge < -0.3 is 5.32 Å². The monoisotopic (exact) mass is 293 g/mol. The molecule has 4 N–H and O–H groups in total. The predicted octanol–water partition coefficient (Wildman–Crippen LogP) is -0.0971. The summed E-state index contributed by atoms with van der Waals surface area (Å²) in [5.41, 5.74) is 2.43. The number of nitrogens with one attached hydrogen (secondary N) is 2. The number of hydrogen-bond acceptors (Lipinski definition) is 9. The lowest BCUT2D eigenvalue weighted by Crippen LogP contribution is -2.19. The highest BCUT2D eigenvalue weighted by Gasteiger charge is 2.16. The van der Waals surface area contributed by atoms with Gasteiger partial charge in [-0.25, -0.2) is 10.8 Å². The third kappa shape index (κ3) is 2.96. The van der Waals surface area contributed by atoms with Crippen LogP contribution in [0.5, 0.6) is 0 Å². The van der Waals surface area contributed by atoms with E-state index in [1.807, 2.05) is 11.8 Å². The van der Waals surface area contributed by atoms with Gasteiger partial charge in [0.05, 0.1) is 0 Å². The zero-order valence-electron chi connectivity index (χ0n) is 10.7. The van der Waals surface area contributed by atoms with Crippen LogP contribution in [0, 0.1) is 5.92 Å². The predicted molar refractivity (Wildman–Crippen MR) is 76.5 cm³/mol. The standard InChI is InChI=1S/C10H15N9S/c11-18-9-15-8(13-3-7-1-2-20-4-7)16-10(17-9)19-6-12-5-14-19/h5-7H,1-4,11H2,(H2,13,15,16,17,18). The quantitative estimate of drug-likeness (QED) is 0.513. The molecule has 0 aliphatic carbocycles. The number of nitrogens with zero attached hydrogens (tertiary/aromatic N) is 6. The highest BCUT2D eigenvalue weighted by molar-refractivity contribution is 7.99. The second kappa shape index (κ2) is 6.01. The van der Waals surface area contributed by atoms with Crippen LogP contribution in [0.15, 0.2) is 12.7 Å². The van der Waals surface area contributed by atoms with Crippen LogP contribution >= 0.6 is 11.8 Å². The van der Waals surface area contributed by atoms with E-state index in [1.54, 1.807) is 0 Å². The van der Waals surface area contributed by atoms with E-state index in [0.29, 0.717) is 17.8 Å². The SMILES string of the molecule is NNc1nc(NCC2CCSC2)nc(-n2cncn2)n1. The number of thioether (sulfide) groups is 1. The number of nitrogen functional groups attached to an aromatic ring is 1. The molecule has 1 saturated heterocycles. The van der Waals surface area contributed by atoms with Gasteiger partial charge in [-0.05, 0) is 23.8 Å². The number of nitrogens with two attached hydrogens (primary N) is 1. The molecule has 106 valence electrons. The van der Waals surface area contributed by atoms with Crippen molar-refractivity contribution < 1.29 is 0 Å². The fourth-order valence-corrected chi connectivity index (χ4v) is 3.19. The van der Waals surface area contributed by atoms with Crippen LogP contribution in [0.25, 0.3) is 5.95 Å². The molecule has 0 amide bonds. The summed E-state index contributed by atoms with van der Waals surface area (Å²) < 4.78 is 1.46. The average Bonchev–Trinajstić information content (AvgIpc) is 3.17. The van der Waals surface area contributed by atoms with E-state index in [2.05, 4.69) is 35.8 Å². The van der Waals surface area contributed by atoms with Crippen LogP contribution in [0.1, 0.15) is 6.42 Å². The summed E-state index contributed by atoms with van der Waals surface area (Å²) in [5.74, 6) is 9.57. The molecule has 3 heterocycles. The van der Waals surface area contributed by atoms with Gasteiger partial charge in [-0.1, -0.05) is 0 Å². The van der Waals surface area contributed by atoms with Crippen LogP contribution in [0.4, 0.5) is 11.9 Å². The zero-order valence-corrected chi connectivity index (χ0v) is 11.5. The Morgan fingerprint density at radius 3 is 2.95 bits per heavy atom. The van der Waals surface area contributed by atoms with E-state index in [4.69, 9.17) is 5.84 Å². The first-order chi connectivity index (χ1) is 9.85. The Hall–Kier alpha value is -1.94. The molecule has 0 spiro atoms. The molecule has 1 unspecified atom stereocenters. The van der Waals surface area contributed by atoms with Gasteiger partial charge in [-0.15, -0.1) is 0 Å². The van der Waals surface area contributed by atoms with E-state index in [0.717, 1.165) is 6.54 Å². The molecular weight excluding hydrogens is 278 g/mol. The van der Waals surface area contributed by atoms with Gasteiger partial charge in [-0.3, -0.25) is 5.43 Å². The number of anilines is 2. The molecule has 3 rings (SSSR count). The van der Waals surface area contributed by atoms with E-state index >= 15 is 0 Å². The summed E-state index contributed by atoms with van der Waals surface area (Å²) in [4.78, 5) is 16.5. The van der Waals surface area contributed by atoms with Crippen LogP contribution < -0.4 is 16.6 Å². The van der Waals surface area contributed by atoms with Crippen LogP contribution in [0.2, 0.25) is 0 Å². The van der Waals surface area contributed by atoms with Gasteiger partial charge >= 0.3 is 0 Å². The van der Waals surface area contributed by atoms with Gasteiger partial charge in [0.2, 0.25) is 11.9 Å². The molecular formula is C10H15N9S. The van der Waals surface area contributed by atoms with Crippen molar-refractivity contribution in [2.75, 3.05) is 28.8 Å². The average molecular weight is 293 g/mol. The molecule has 0 bridgehead atoms. The largest absolute Gasteiger partial charge is 0.354 e. The Bertz CT molecular complexity index is 552. The minimum absolute atomic E-state index is 0.286. The Balaban J connectivity index is 1.77. The molecule has 9 nitrogen and oxygen atoms in total. The Labute approximate surface area is 119 Å². The summed E-state index contributed by atoms with van der Waals surface area (Å²) in [5, 5.41) is 7.22. The fourth-order valence-electron chi connectivity index (χ4n) is 1.90. The van der Waals surface area contributed by atoms with Crippen LogP contribution in [-0.4, -0.2) is 47.8 Å². The minimum Gasteiger partial charge on any atom is -0.354 e. The summed E-state index contributed by atoms with van der Waals surface area (Å²) in [7, 11) is 0. The van der Waals surface area contributed by atoms with E-state index < -0.39 is 0 Å². The zero-order chi connectivity index (χ0) is 13.8. The number of rotatable bonds is 5.